The molecule has 3 aliphatic carbocycles. The van der Waals surface area contributed by atoms with Crippen molar-refractivity contribution in [1.29, 1.82) is 0 Å². The minimum atomic E-state index is 0.109. The summed E-state index contributed by atoms with van der Waals surface area (Å²) in [6, 6.07) is 0. The summed E-state index contributed by atoms with van der Waals surface area (Å²) in [5.41, 5.74) is 0.109. The Labute approximate surface area is 120 Å². The zero-order valence-electron chi connectivity index (χ0n) is 12.3. The van der Waals surface area contributed by atoms with Crippen LogP contribution in [0.1, 0.15) is 26.2 Å². The molecule has 0 N–H and O–H groups in total. The number of fused-ring (bicyclic) bond motifs is 3. The zero-order valence-corrected chi connectivity index (χ0v) is 12.3. The highest BCUT2D eigenvalue weighted by molar-refractivity contribution is 5.89. The molecular weight excluding hydrogens is 256 g/mol. The van der Waals surface area contributed by atoms with Crippen LogP contribution < -0.4 is 0 Å². The highest BCUT2D eigenvalue weighted by Gasteiger charge is 2.60. The summed E-state index contributed by atoms with van der Waals surface area (Å²) in [7, 11) is 1.66. The van der Waals surface area contributed by atoms with Gasteiger partial charge in [-0.1, -0.05) is 19.1 Å². The highest BCUT2D eigenvalue weighted by atomic mass is 16.7. The molecule has 0 aromatic heterocycles. The van der Waals surface area contributed by atoms with E-state index in [0.717, 1.165) is 19.3 Å². The first-order valence-corrected chi connectivity index (χ1v) is 7.57. The highest BCUT2D eigenvalue weighted by Crippen LogP contribution is 2.60. The fraction of sp³-hybridized carbons (Fsp3) is 0.812. The van der Waals surface area contributed by atoms with E-state index in [-0.39, 0.29) is 17.4 Å². The summed E-state index contributed by atoms with van der Waals surface area (Å²) in [5.74, 6) is 1.57. The predicted octanol–water partition coefficient (Wildman–Crippen LogP) is 2.18. The number of hydrogen-bond acceptors (Lipinski definition) is 4. The molecule has 5 unspecified atom stereocenters. The van der Waals surface area contributed by atoms with Crippen molar-refractivity contribution >= 4 is 5.78 Å². The fourth-order valence-corrected chi connectivity index (χ4v) is 4.25. The second-order valence-corrected chi connectivity index (χ2v) is 6.41. The van der Waals surface area contributed by atoms with Gasteiger partial charge in [-0.2, -0.15) is 0 Å². The second-order valence-electron chi connectivity index (χ2n) is 6.41. The number of hydrogen-bond donors (Lipinski definition) is 0. The first-order chi connectivity index (χ1) is 9.67. The van der Waals surface area contributed by atoms with Crippen LogP contribution in [0.25, 0.3) is 0 Å². The molecule has 4 nitrogen and oxygen atoms in total. The van der Waals surface area contributed by atoms with Crippen molar-refractivity contribution in [2.24, 2.45) is 23.2 Å². The Balaban J connectivity index is 1.60. The lowest BCUT2D eigenvalue weighted by atomic mass is 9.52. The van der Waals surface area contributed by atoms with Crippen LogP contribution in [-0.2, 0) is 19.0 Å². The average Bonchev–Trinajstić information content (AvgIpc) is 2.75. The van der Waals surface area contributed by atoms with Crippen molar-refractivity contribution in [3.8, 4) is 0 Å². The molecular formula is C16H24O4. The van der Waals surface area contributed by atoms with Crippen LogP contribution in [0, 0.1) is 23.2 Å². The van der Waals surface area contributed by atoms with E-state index in [1.807, 2.05) is 0 Å². The Hall–Kier alpha value is -0.710. The molecule has 20 heavy (non-hydrogen) atoms. The lowest BCUT2D eigenvalue weighted by Crippen LogP contribution is -2.54. The van der Waals surface area contributed by atoms with Gasteiger partial charge < -0.3 is 14.2 Å². The number of methoxy groups -OCH3 is 1. The smallest absolute Gasteiger partial charge is 0.147 e. The molecule has 2 saturated carbocycles. The van der Waals surface area contributed by atoms with E-state index in [1.54, 1.807) is 7.11 Å². The van der Waals surface area contributed by atoms with Gasteiger partial charge in [-0.25, -0.2) is 0 Å². The maximum absolute atomic E-state index is 11.7. The standard InChI is InChI=1S/C16H24O4/c1-16-11(3-5-12-13(16)9-14(12)17)4-6-15(16)20-10-19-8-7-18-2/h3,5,11-13,15H,4,6-10H2,1-2H3. The molecule has 0 aromatic carbocycles. The Morgan fingerprint density at radius 1 is 1.30 bits per heavy atom. The van der Waals surface area contributed by atoms with Gasteiger partial charge in [-0.3, -0.25) is 4.79 Å². The summed E-state index contributed by atoms with van der Waals surface area (Å²) in [6.07, 6.45) is 7.56. The number of rotatable bonds is 6. The molecule has 0 bridgehead atoms. The van der Waals surface area contributed by atoms with Crippen LogP contribution in [0.3, 0.4) is 0 Å². The Morgan fingerprint density at radius 2 is 2.15 bits per heavy atom. The number of allylic oxidation sites excluding steroid dienone is 2. The first kappa shape index (κ1) is 14.2. The molecule has 0 amide bonds. The minimum absolute atomic E-state index is 0.109. The average molecular weight is 280 g/mol. The van der Waals surface area contributed by atoms with E-state index in [2.05, 4.69) is 19.1 Å². The topological polar surface area (TPSA) is 44.8 Å². The number of ether oxygens (including phenoxy) is 3. The molecule has 112 valence electrons. The lowest BCUT2D eigenvalue weighted by Gasteiger charge is -2.52. The summed E-state index contributed by atoms with van der Waals surface area (Å²) >= 11 is 0. The van der Waals surface area contributed by atoms with Gasteiger partial charge in [0.05, 0.1) is 19.3 Å². The quantitative estimate of drug-likeness (QED) is 0.425. The number of carbonyl (C=O) groups is 1. The molecule has 4 heteroatoms. The van der Waals surface area contributed by atoms with Crippen LogP contribution in [-0.4, -0.2) is 39.0 Å². The van der Waals surface area contributed by atoms with Crippen molar-refractivity contribution < 1.29 is 19.0 Å². The van der Waals surface area contributed by atoms with Gasteiger partial charge in [0.1, 0.15) is 12.6 Å². The van der Waals surface area contributed by atoms with Gasteiger partial charge in [-0.15, -0.1) is 0 Å². The third-order valence-corrected chi connectivity index (χ3v) is 5.59. The maximum Gasteiger partial charge on any atom is 0.147 e. The van der Waals surface area contributed by atoms with Gasteiger partial charge in [0.2, 0.25) is 0 Å². The first-order valence-electron chi connectivity index (χ1n) is 7.57. The lowest BCUT2D eigenvalue weighted by molar-refractivity contribution is -0.163. The predicted molar refractivity (Wildman–Crippen MR) is 74.1 cm³/mol. The monoisotopic (exact) mass is 280 g/mol. The van der Waals surface area contributed by atoms with Crippen LogP contribution in [0.15, 0.2) is 12.2 Å². The third-order valence-electron chi connectivity index (χ3n) is 5.59. The van der Waals surface area contributed by atoms with Crippen LogP contribution in [0.2, 0.25) is 0 Å². The molecule has 0 spiro atoms. The van der Waals surface area contributed by atoms with Gasteiger partial charge in [0.15, 0.2) is 0 Å². The van der Waals surface area contributed by atoms with Crippen LogP contribution in [0.5, 0.6) is 0 Å². The van der Waals surface area contributed by atoms with Crippen LogP contribution >= 0.6 is 0 Å². The van der Waals surface area contributed by atoms with Gasteiger partial charge >= 0.3 is 0 Å². The molecule has 0 aliphatic heterocycles. The SMILES string of the molecule is COCCOCOC1CCC2C=CC3C(=O)CC3C21C. The Bertz CT molecular complexity index is 405. The van der Waals surface area contributed by atoms with Crippen molar-refractivity contribution in [3.63, 3.8) is 0 Å². The minimum Gasteiger partial charge on any atom is -0.382 e. The molecule has 3 rings (SSSR count). The molecule has 0 aromatic rings. The Morgan fingerprint density at radius 3 is 2.90 bits per heavy atom. The molecule has 0 radical (unpaired) electrons. The molecule has 0 heterocycles. The second kappa shape index (κ2) is 5.58. The van der Waals surface area contributed by atoms with Crippen molar-refractivity contribution in [2.45, 2.75) is 32.3 Å². The van der Waals surface area contributed by atoms with Crippen molar-refractivity contribution in [1.82, 2.24) is 0 Å². The van der Waals surface area contributed by atoms with E-state index < -0.39 is 0 Å². The van der Waals surface area contributed by atoms with E-state index >= 15 is 0 Å². The number of carbonyl (C=O) groups excluding carboxylic acids is 1. The maximum atomic E-state index is 11.7. The molecule has 5 atom stereocenters. The largest absolute Gasteiger partial charge is 0.382 e. The third kappa shape index (κ3) is 2.14. The molecule has 3 aliphatic rings. The summed E-state index contributed by atoms with van der Waals surface area (Å²) in [5, 5.41) is 0. The van der Waals surface area contributed by atoms with Gasteiger partial charge in [-0.05, 0) is 24.7 Å². The molecule has 0 saturated heterocycles. The summed E-state index contributed by atoms with van der Waals surface area (Å²) < 4.78 is 16.4. The van der Waals surface area contributed by atoms with Gasteiger partial charge in [0.25, 0.3) is 0 Å². The normalized spacial score (nSPS) is 42.2. The van der Waals surface area contributed by atoms with Crippen LogP contribution in [0.4, 0.5) is 0 Å². The summed E-state index contributed by atoms with van der Waals surface area (Å²) in [4.78, 5) is 11.7. The van der Waals surface area contributed by atoms with Crippen molar-refractivity contribution in [3.05, 3.63) is 12.2 Å². The van der Waals surface area contributed by atoms with E-state index in [0.29, 0.717) is 37.6 Å². The Kier molecular flexibility index (Phi) is 3.98. The van der Waals surface area contributed by atoms with E-state index in [9.17, 15) is 4.79 Å². The fourth-order valence-electron chi connectivity index (χ4n) is 4.25. The van der Waals surface area contributed by atoms with Crippen molar-refractivity contribution in [2.75, 3.05) is 27.1 Å². The van der Waals surface area contributed by atoms with E-state index in [4.69, 9.17) is 14.2 Å². The van der Waals surface area contributed by atoms with Gasteiger partial charge in [0, 0.05) is 24.9 Å². The number of ketones is 1. The molecule has 2 fully saturated rings. The van der Waals surface area contributed by atoms with E-state index in [1.165, 1.54) is 0 Å². The zero-order chi connectivity index (χ0) is 14.2. The number of Topliss-reactive ketones (excluding diaryl/α,β-unsaturated/α-hetero) is 1. The summed E-state index contributed by atoms with van der Waals surface area (Å²) in [6.45, 7) is 3.78.